The molecule has 1 saturated heterocycles. The van der Waals surface area contributed by atoms with Gasteiger partial charge in [0.05, 0.1) is 5.60 Å². The number of hydrogen-bond donors (Lipinski definition) is 1. The van der Waals surface area contributed by atoms with Crippen LogP contribution in [0.5, 0.6) is 0 Å². The van der Waals surface area contributed by atoms with Crippen LogP contribution in [0.15, 0.2) is 0 Å². The molecule has 19 heavy (non-hydrogen) atoms. The molecule has 1 aliphatic heterocycles. The fourth-order valence-electron chi connectivity index (χ4n) is 2.70. The fraction of sp³-hybridized carbons (Fsp3) is 1.00. The molecule has 1 unspecified atom stereocenters. The van der Waals surface area contributed by atoms with E-state index in [4.69, 9.17) is 9.47 Å². The summed E-state index contributed by atoms with van der Waals surface area (Å²) >= 11 is 0. The summed E-state index contributed by atoms with van der Waals surface area (Å²) in [6.07, 6.45) is -3.54. The van der Waals surface area contributed by atoms with E-state index in [1.807, 2.05) is 13.8 Å². The zero-order chi connectivity index (χ0) is 14.4. The van der Waals surface area contributed by atoms with Crippen LogP contribution in [0.4, 0.5) is 13.2 Å². The molecule has 6 heteroatoms. The number of nitrogens with one attached hydrogen (secondary N) is 1. The maximum Gasteiger partial charge on any atom is 0.389 e. The molecular weight excluding hydrogens is 259 g/mol. The van der Waals surface area contributed by atoms with Gasteiger partial charge in [0.1, 0.15) is 0 Å². The van der Waals surface area contributed by atoms with Crippen molar-refractivity contribution < 1.29 is 22.6 Å². The molecule has 0 saturated carbocycles. The molecule has 0 amide bonds. The predicted octanol–water partition coefficient (Wildman–Crippen LogP) is 2.89. The minimum atomic E-state index is -4.12. The zero-order valence-electron chi connectivity index (χ0n) is 11.7. The van der Waals surface area contributed by atoms with Gasteiger partial charge in [0.15, 0.2) is 0 Å². The second-order valence-electron chi connectivity index (χ2n) is 4.87. The smallest absolute Gasteiger partial charge is 0.381 e. The van der Waals surface area contributed by atoms with Crippen LogP contribution in [0.2, 0.25) is 0 Å². The van der Waals surface area contributed by atoms with Crippen LogP contribution in [-0.4, -0.2) is 44.2 Å². The van der Waals surface area contributed by atoms with Gasteiger partial charge in [0, 0.05) is 45.1 Å². The lowest BCUT2D eigenvalue weighted by atomic mass is 9.83. The molecule has 1 aliphatic rings. The predicted molar refractivity (Wildman–Crippen MR) is 67.2 cm³/mol. The van der Waals surface area contributed by atoms with Gasteiger partial charge < -0.3 is 14.8 Å². The van der Waals surface area contributed by atoms with Crippen LogP contribution in [0.25, 0.3) is 0 Å². The Bertz CT molecular complexity index is 247. The largest absolute Gasteiger partial charge is 0.389 e. The van der Waals surface area contributed by atoms with Crippen molar-refractivity contribution in [2.75, 3.05) is 26.4 Å². The lowest BCUT2D eigenvalue weighted by molar-refractivity contribution is -0.153. The number of alkyl halides is 3. The maximum atomic E-state index is 12.4. The fourth-order valence-corrected chi connectivity index (χ4v) is 2.70. The van der Waals surface area contributed by atoms with Crippen molar-refractivity contribution in [2.24, 2.45) is 0 Å². The van der Waals surface area contributed by atoms with E-state index in [-0.39, 0.29) is 12.5 Å². The highest BCUT2D eigenvalue weighted by molar-refractivity contribution is 4.95. The summed E-state index contributed by atoms with van der Waals surface area (Å²) in [7, 11) is 0. The highest BCUT2D eigenvalue weighted by Gasteiger charge is 2.42. The maximum absolute atomic E-state index is 12.4. The summed E-state index contributed by atoms with van der Waals surface area (Å²) in [6.45, 7) is 6.03. The zero-order valence-corrected chi connectivity index (χ0v) is 11.7. The van der Waals surface area contributed by atoms with Crippen LogP contribution < -0.4 is 5.32 Å². The minimum Gasteiger partial charge on any atom is -0.381 e. The summed E-state index contributed by atoms with van der Waals surface area (Å²) in [5.41, 5.74) is -0.520. The Morgan fingerprint density at radius 2 is 1.89 bits per heavy atom. The van der Waals surface area contributed by atoms with E-state index in [0.29, 0.717) is 39.2 Å². The lowest BCUT2D eigenvalue weighted by Crippen LogP contribution is -2.55. The molecule has 114 valence electrons. The molecule has 0 aromatic rings. The van der Waals surface area contributed by atoms with Gasteiger partial charge >= 0.3 is 6.18 Å². The standard InChI is InChI=1S/C13H24F3NO2/c1-3-17-11(5-6-13(14,15)16)12(19-4-2)7-9-18-10-8-12/h11,17H,3-10H2,1-2H3. The first kappa shape index (κ1) is 16.7. The van der Waals surface area contributed by atoms with E-state index < -0.39 is 18.2 Å². The third kappa shape index (κ3) is 5.28. The Hall–Kier alpha value is -0.330. The molecule has 0 aliphatic carbocycles. The third-order valence-electron chi connectivity index (χ3n) is 3.57. The molecule has 1 heterocycles. The first-order valence-corrected chi connectivity index (χ1v) is 6.95. The van der Waals surface area contributed by atoms with E-state index >= 15 is 0 Å². The minimum absolute atomic E-state index is 0.0529. The number of likely N-dealkylation sites (N-methyl/N-ethyl adjacent to an activating group) is 1. The van der Waals surface area contributed by atoms with Crippen molar-refractivity contribution in [2.45, 2.75) is 57.3 Å². The van der Waals surface area contributed by atoms with Gasteiger partial charge in [0.2, 0.25) is 0 Å². The van der Waals surface area contributed by atoms with E-state index in [9.17, 15) is 13.2 Å². The van der Waals surface area contributed by atoms with Gasteiger partial charge in [-0.05, 0) is 19.9 Å². The summed E-state index contributed by atoms with van der Waals surface area (Å²) in [5, 5.41) is 3.17. The molecule has 1 rings (SSSR count). The van der Waals surface area contributed by atoms with Crippen molar-refractivity contribution >= 4 is 0 Å². The molecule has 0 radical (unpaired) electrons. The number of ether oxygens (including phenoxy) is 2. The van der Waals surface area contributed by atoms with Crippen molar-refractivity contribution in [3.05, 3.63) is 0 Å². The molecule has 0 bridgehead atoms. The Morgan fingerprint density at radius 3 is 2.37 bits per heavy atom. The third-order valence-corrected chi connectivity index (χ3v) is 3.57. The average molecular weight is 283 g/mol. The van der Waals surface area contributed by atoms with Crippen LogP contribution in [0.3, 0.4) is 0 Å². The van der Waals surface area contributed by atoms with Crippen molar-refractivity contribution in [3.8, 4) is 0 Å². The van der Waals surface area contributed by atoms with E-state index in [0.717, 1.165) is 0 Å². The van der Waals surface area contributed by atoms with Gasteiger partial charge in [-0.2, -0.15) is 13.2 Å². The Balaban J connectivity index is 2.73. The van der Waals surface area contributed by atoms with Gasteiger partial charge in [-0.15, -0.1) is 0 Å². The lowest BCUT2D eigenvalue weighted by Gasteiger charge is -2.43. The normalized spacial score (nSPS) is 21.3. The molecular formula is C13H24F3NO2. The van der Waals surface area contributed by atoms with Gasteiger partial charge in [-0.3, -0.25) is 0 Å². The molecule has 0 spiro atoms. The number of halogens is 3. The van der Waals surface area contributed by atoms with E-state index in [1.54, 1.807) is 0 Å². The van der Waals surface area contributed by atoms with Gasteiger partial charge in [-0.25, -0.2) is 0 Å². The second-order valence-corrected chi connectivity index (χ2v) is 4.87. The van der Waals surface area contributed by atoms with Crippen molar-refractivity contribution in [3.63, 3.8) is 0 Å². The van der Waals surface area contributed by atoms with Crippen LogP contribution in [-0.2, 0) is 9.47 Å². The van der Waals surface area contributed by atoms with E-state index in [2.05, 4.69) is 5.32 Å². The summed E-state index contributed by atoms with van der Waals surface area (Å²) < 4.78 is 48.5. The summed E-state index contributed by atoms with van der Waals surface area (Å²) in [5.74, 6) is 0. The monoisotopic (exact) mass is 283 g/mol. The van der Waals surface area contributed by atoms with Crippen LogP contribution in [0, 0.1) is 0 Å². The van der Waals surface area contributed by atoms with Gasteiger partial charge in [-0.1, -0.05) is 6.92 Å². The molecule has 0 aromatic heterocycles. The van der Waals surface area contributed by atoms with Crippen LogP contribution in [0.1, 0.15) is 39.5 Å². The Morgan fingerprint density at radius 1 is 1.26 bits per heavy atom. The number of hydrogen-bond acceptors (Lipinski definition) is 3. The van der Waals surface area contributed by atoms with Crippen molar-refractivity contribution in [1.29, 1.82) is 0 Å². The summed E-state index contributed by atoms with van der Waals surface area (Å²) in [6, 6.07) is -0.275. The average Bonchev–Trinajstić information content (AvgIpc) is 2.34. The highest BCUT2D eigenvalue weighted by atomic mass is 19.4. The summed E-state index contributed by atoms with van der Waals surface area (Å²) in [4.78, 5) is 0. The highest BCUT2D eigenvalue weighted by Crippen LogP contribution is 2.33. The first-order chi connectivity index (χ1) is 8.93. The molecule has 1 N–H and O–H groups in total. The van der Waals surface area contributed by atoms with E-state index in [1.165, 1.54) is 0 Å². The Labute approximate surface area is 112 Å². The first-order valence-electron chi connectivity index (χ1n) is 6.95. The Kier molecular flexibility index (Phi) is 6.56. The molecule has 3 nitrogen and oxygen atoms in total. The number of rotatable bonds is 7. The van der Waals surface area contributed by atoms with Gasteiger partial charge in [0.25, 0.3) is 0 Å². The quantitative estimate of drug-likeness (QED) is 0.779. The SMILES string of the molecule is CCNC(CCC(F)(F)F)C1(OCC)CCOCC1. The second kappa shape index (κ2) is 7.45. The molecule has 1 fully saturated rings. The molecule has 0 aromatic carbocycles. The van der Waals surface area contributed by atoms with Crippen LogP contribution >= 0.6 is 0 Å². The molecule has 1 atom stereocenters. The topological polar surface area (TPSA) is 30.5 Å². The van der Waals surface area contributed by atoms with Crippen molar-refractivity contribution in [1.82, 2.24) is 5.32 Å².